The van der Waals surface area contributed by atoms with Crippen LogP contribution < -0.4 is 19.7 Å². The lowest BCUT2D eigenvalue weighted by atomic mass is 10.1. The Labute approximate surface area is 163 Å². The number of ether oxygens (including phenoxy) is 2. The van der Waals surface area contributed by atoms with Crippen molar-refractivity contribution in [2.75, 3.05) is 31.0 Å². The number of benzene rings is 2. The number of nitrogens with zero attached hydrogens (tertiary/aromatic N) is 1. The molecular weight excluding hydrogens is 368 g/mol. The topological polar surface area (TPSA) is 67.9 Å². The molecule has 3 rings (SSSR count). The Bertz CT molecular complexity index is 867. The molecule has 0 aliphatic carbocycles. The number of carbonyl (C=O) groups excluding carboxylic acids is 2. The lowest BCUT2D eigenvalue weighted by Crippen LogP contribution is -2.28. The molecule has 0 spiro atoms. The van der Waals surface area contributed by atoms with Crippen LogP contribution >= 0.6 is 11.6 Å². The minimum atomic E-state index is -0.454. The minimum absolute atomic E-state index is 0.0698. The maximum absolute atomic E-state index is 12.7. The van der Waals surface area contributed by atoms with Gasteiger partial charge in [0.05, 0.1) is 30.8 Å². The summed E-state index contributed by atoms with van der Waals surface area (Å²) in [6.45, 7) is 2.32. The highest BCUT2D eigenvalue weighted by molar-refractivity contribution is 6.32. The normalized spacial score (nSPS) is 16.4. The summed E-state index contributed by atoms with van der Waals surface area (Å²) >= 11 is 6.09. The van der Waals surface area contributed by atoms with E-state index in [9.17, 15) is 9.59 Å². The van der Waals surface area contributed by atoms with Gasteiger partial charge in [0.1, 0.15) is 11.5 Å². The molecule has 0 radical (unpaired) electrons. The van der Waals surface area contributed by atoms with E-state index in [2.05, 4.69) is 5.32 Å². The van der Waals surface area contributed by atoms with E-state index in [1.165, 1.54) is 14.2 Å². The molecule has 1 aliphatic heterocycles. The van der Waals surface area contributed by atoms with Crippen molar-refractivity contribution in [2.24, 2.45) is 5.92 Å². The molecule has 2 aromatic carbocycles. The second kappa shape index (κ2) is 7.88. The largest absolute Gasteiger partial charge is 0.495 e. The number of anilines is 2. The van der Waals surface area contributed by atoms with Gasteiger partial charge in [-0.15, -0.1) is 0 Å². The number of hydrogen-bond acceptors (Lipinski definition) is 4. The molecule has 2 amide bonds. The highest BCUT2D eigenvalue weighted by Crippen LogP contribution is 2.36. The standard InChI is InChI=1S/C20H21ClN2O4/c1-12-4-6-14(7-5-12)23-11-13(8-19(23)24)20(25)22-16-10-17(26-2)15(21)9-18(16)27-3/h4-7,9-10,13H,8,11H2,1-3H3,(H,22,25)/t13-/m0/s1. The maximum Gasteiger partial charge on any atom is 0.229 e. The van der Waals surface area contributed by atoms with Crippen LogP contribution in [0.15, 0.2) is 36.4 Å². The lowest BCUT2D eigenvalue weighted by Gasteiger charge is -2.18. The zero-order valence-corrected chi connectivity index (χ0v) is 16.2. The van der Waals surface area contributed by atoms with E-state index in [-0.39, 0.29) is 18.2 Å². The Morgan fingerprint density at radius 3 is 2.44 bits per heavy atom. The fourth-order valence-corrected chi connectivity index (χ4v) is 3.28. The fourth-order valence-electron chi connectivity index (χ4n) is 3.05. The Hall–Kier alpha value is -2.73. The molecule has 1 atom stereocenters. The summed E-state index contributed by atoms with van der Waals surface area (Å²) in [5.41, 5.74) is 2.36. The van der Waals surface area contributed by atoms with Crippen LogP contribution in [0.1, 0.15) is 12.0 Å². The van der Waals surface area contributed by atoms with Crippen LogP contribution in [0.5, 0.6) is 11.5 Å². The van der Waals surface area contributed by atoms with Crippen molar-refractivity contribution in [3.05, 3.63) is 47.0 Å². The number of nitrogens with one attached hydrogen (secondary N) is 1. The van der Waals surface area contributed by atoms with Gasteiger partial charge < -0.3 is 19.7 Å². The predicted octanol–water partition coefficient (Wildman–Crippen LogP) is 3.66. The Morgan fingerprint density at radius 1 is 1.15 bits per heavy atom. The summed E-state index contributed by atoms with van der Waals surface area (Å²) in [6, 6.07) is 10.9. The predicted molar refractivity (Wildman–Crippen MR) is 105 cm³/mol. The first-order valence-electron chi connectivity index (χ1n) is 8.52. The molecule has 7 heteroatoms. The summed E-state index contributed by atoms with van der Waals surface area (Å²) in [7, 11) is 2.99. The summed E-state index contributed by atoms with van der Waals surface area (Å²) < 4.78 is 10.5. The van der Waals surface area contributed by atoms with Crippen LogP contribution in [0.3, 0.4) is 0 Å². The van der Waals surface area contributed by atoms with E-state index in [0.717, 1.165) is 11.3 Å². The molecule has 0 bridgehead atoms. The summed E-state index contributed by atoms with van der Waals surface area (Å²) in [5.74, 6) is 0.0795. The lowest BCUT2D eigenvalue weighted by molar-refractivity contribution is -0.122. The molecule has 6 nitrogen and oxygen atoms in total. The van der Waals surface area contributed by atoms with Crippen LogP contribution in [0.4, 0.5) is 11.4 Å². The van der Waals surface area contributed by atoms with E-state index in [0.29, 0.717) is 28.8 Å². The van der Waals surface area contributed by atoms with Crippen molar-refractivity contribution in [1.29, 1.82) is 0 Å². The third kappa shape index (κ3) is 4.01. The Kier molecular flexibility index (Phi) is 5.56. The number of amides is 2. The van der Waals surface area contributed by atoms with E-state index >= 15 is 0 Å². The van der Waals surface area contributed by atoms with E-state index in [1.807, 2.05) is 31.2 Å². The zero-order valence-electron chi connectivity index (χ0n) is 15.4. The fraction of sp³-hybridized carbons (Fsp3) is 0.300. The number of aryl methyl sites for hydroxylation is 1. The number of carbonyl (C=O) groups is 2. The van der Waals surface area contributed by atoms with Gasteiger partial charge in [0, 0.05) is 30.8 Å². The van der Waals surface area contributed by atoms with E-state index in [4.69, 9.17) is 21.1 Å². The van der Waals surface area contributed by atoms with Crippen LogP contribution in [0.2, 0.25) is 5.02 Å². The first-order valence-corrected chi connectivity index (χ1v) is 8.90. The molecule has 0 aromatic heterocycles. The molecule has 27 heavy (non-hydrogen) atoms. The van der Waals surface area contributed by atoms with Gasteiger partial charge in [0.25, 0.3) is 0 Å². The quantitative estimate of drug-likeness (QED) is 0.848. The molecule has 0 unspecified atom stereocenters. The minimum Gasteiger partial charge on any atom is -0.495 e. The Balaban J connectivity index is 1.76. The van der Waals surface area contributed by atoms with Crippen molar-refractivity contribution < 1.29 is 19.1 Å². The molecule has 1 fully saturated rings. The molecule has 1 aliphatic rings. The molecule has 142 valence electrons. The third-order valence-electron chi connectivity index (χ3n) is 4.57. The summed E-state index contributed by atoms with van der Waals surface area (Å²) in [5, 5.41) is 3.21. The SMILES string of the molecule is COc1cc(NC(=O)[C@H]2CC(=O)N(c3ccc(C)cc3)C2)c(OC)cc1Cl. The number of halogens is 1. The first kappa shape index (κ1) is 19.0. The molecule has 1 N–H and O–H groups in total. The van der Waals surface area contributed by atoms with Crippen LogP contribution in [0.25, 0.3) is 0 Å². The van der Waals surface area contributed by atoms with Gasteiger partial charge in [0.2, 0.25) is 11.8 Å². The highest BCUT2D eigenvalue weighted by atomic mass is 35.5. The van der Waals surface area contributed by atoms with Crippen molar-refractivity contribution >= 4 is 34.8 Å². The third-order valence-corrected chi connectivity index (χ3v) is 4.87. The molecule has 1 heterocycles. The molecule has 0 saturated carbocycles. The van der Waals surface area contributed by atoms with Gasteiger partial charge in [-0.05, 0) is 19.1 Å². The maximum atomic E-state index is 12.7. The summed E-state index contributed by atoms with van der Waals surface area (Å²) in [4.78, 5) is 26.7. The van der Waals surface area contributed by atoms with Crippen molar-refractivity contribution in [1.82, 2.24) is 0 Å². The van der Waals surface area contributed by atoms with Crippen LogP contribution in [0, 0.1) is 12.8 Å². The van der Waals surface area contributed by atoms with Crippen LogP contribution in [-0.2, 0) is 9.59 Å². The first-order chi connectivity index (χ1) is 12.9. The van der Waals surface area contributed by atoms with Gasteiger partial charge in [0.15, 0.2) is 0 Å². The van der Waals surface area contributed by atoms with Gasteiger partial charge in [-0.25, -0.2) is 0 Å². The van der Waals surface area contributed by atoms with E-state index < -0.39 is 5.92 Å². The molecular formula is C20H21ClN2O4. The van der Waals surface area contributed by atoms with Crippen molar-refractivity contribution in [3.8, 4) is 11.5 Å². The van der Waals surface area contributed by atoms with Gasteiger partial charge in [-0.3, -0.25) is 9.59 Å². The average molecular weight is 389 g/mol. The van der Waals surface area contributed by atoms with Gasteiger partial charge >= 0.3 is 0 Å². The number of hydrogen-bond donors (Lipinski definition) is 1. The monoisotopic (exact) mass is 388 g/mol. The van der Waals surface area contributed by atoms with Crippen LogP contribution in [-0.4, -0.2) is 32.6 Å². The second-order valence-electron chi connectivity index (χ2n) is 6.42. The summed E-state index contributed by atoms with van der Waals surface area (Å²) in [6.07, 6.45) is 0.159. The second-order valence-corrected chi connectivity index (χ2v) is 6.82. The van der Waals surface area contributed by atoms with Crippen molar-refractivity contribution in [2.45, 2.75) is 13.3 Å². The highest BCUT2D eigenvalue weighted by Gasteiger charge is 2.35. The smallest absolute Gasteiger partial charge is 0.229 e. The number of methoxy groups -OCH3 is 2. The molecule has 2 aromatic rings. The van der Waals surface area contributed by atoms with E-state index in [1.54, 1.807) is 17.0 Å². The van der Waals surface area contributed by atoms with Gasteiger partial charge in [-0.1, -0.05) is 29.3 Å². The number of rotatable bonds is 5. The average Bonchev–Trinajstić information content (AvgIpc) is 3.05. The van der Waals surface area contributed by atoms with Crippen molar-refractivity contribution in [3.63, 3.8) is 0 Å². The Morgan fingerprint density at radius 2 is 1.81 bits per heavy atom. The molecule has 1 saturated heterocycles. The van der Waals surface area contributed by atoms with Gasteiger partial charge in [-0.2, -0.15) is 0 Å². The zero-order chi connectivity index (χ0) is 19.6.